The minimum atomic E-state index is -0.618. The van der Waals surface area contributed by atoms with Crippen molar-refractivity contribution in [1.29, 1.82) is 0 Å². The van der Waals surface area contributed by atoms with E-state index in [0.29, 0.717) is 18.6 Å². The summed E-state index contributed by atoms with van der Waals surface area (Å²) >= 11 is 3.15. The number of aliphatic hydroxyl groups is 2. The minimum Gasteiger partial charge on any atom is -0.468 e. The third-order valence-electron chi connectivity index (χ3n) is 4.93. The van der Waals surface area contributed by atoms with Gasteiger partial charge in [0.05, 0.1) is 24.2 Å². The molecule has 5 nitrogen and oxygen atoms in total. The zero-order valence-electron chi connectivity index (χ0n) is 16.7. The lowest BCUT2D eigenvalue weighted by Gasteiger charge is -2.19. The van der Waals surface area contributed by atoms with Gasteiger partial charge in [0, 0.05) is 25.4 Å². The fourth-order valence-electron chi connectivity index (χ4n) is 3.39. The number of allylic oxidation sites excluding steroid dienone is 1. The number of carbonyl (C=O) groups is 2. The van der Waals surface area contributed by atoms with Crippen molar-refractivity contribution in [2.45, 2.75) is 30.6 Å². The summed E-state index contributed by atoms with van der Waals surface area (Å²) in [5.41, 5.74) is 1.06. The van der Waals surface area contributed by atoms with Gasteiger partial charge in [-0.3, -0.25) is 9.59 Å². The number of carbonyl (C=O) groups excluding carboxylic acids is 2. The second-order valence-electron chi connectivity index (χ2n) is 7.11. The molecule has 2 N–H and O–H groups in total. The molecule has 1 aromatic carbocycles. The summed E-state index contributed by atoms with van der Waals surface area (Å²) in [4.78, 5) is 23.5. The van der Waals surface area contributed by atoms with Crippen molar-refractivity contribution in [3.05, 3.63) is 48.0 Å². The van der Waals surface area contributed by atoms with E-state index in [9.17, 15) is 19.8 Å². The fourth-order valence-corrected chi connectivity index (χ4v) is 5.73. The predicted molar refractivity (Wildman–Crippen MR) is 119 cm³/mol. The van der Waals surface area contributed by atoms with Crippen LogP contribution in [0.1, 0.15) is 18.4 Å². The third-order valence-corrected chi connectivity index (χ3v) is 7.41. The number of esters is 1. The Bertz CT molecular complexity index is 664. The number of aliphatic hydroxyl groups excluding tert-OH is 2. The Morgan fingerprint density at radius 2 is 2.07 bits per heavy atom. The predicted octanol–water partition coefficient (Wildman–Crippen LogP) is 2.74. The highest BCUT2D eigenvalue weighted by Gasteiger charge is 2.40. The average Bonchev–Trinajstić information content (AvgIpc) is 3.04. The highest BCUT2D eigenvalue weighted by Crippen LogP contribution is 2.38. The van der Waals surface area contributed by atoms with E-state index in [1.807, 2.05) is 36.4 Å². The maximum atomic E-state index is 12.4. The number of methoxy groups -OCH3 is 1. The van der Waals surface area contributed by atoms with Crippen LogP contribution in [0.3, 0.4) is 0 Å². The average molecular weight is 439 g/mol. The van der Waals surface area contributed by atoms with Gasteiger partial charge in [0.2, 0.25) is 0 Å². The van der Waals surface area contributed by atoms with Gasteiger partial charge < -0.3 is 14.9 Å². The largest absolute Gasteiger partial charge is 0.468 e. The van der Waals surface area contributed by atoms with Gasteiger partial charge >= 0.3 is 5.97 Å². The molecule has 1 fully saturated rings. The van der Waals surface area contributed by atoms with Gasteiger partial charge in [0.1, 0.15) is 5.78 Å². The maximum absolute atomic E-state index is 12.4. The van der Waals surface area contributed by atoms with Gasteiger partial charge in [-0.2, -0.15) is 11.8 Å². The second kappa shape index (κ2) is 13.1. The van der Waals surface area contributed by atoms with E-state index in [2.05, 4.69) is 4.74 Å². The Morgan fingerprint density at radius 1 is 1.31 bits per heavy atom. The van der Waals surface area contributed by atoms with E-state index in [0.717, 1.165) is 23.5 Å². The van der Waals surface area contributed by atoms with Gasteiger partial charge in [0.15, 0.2) is 0 Å². The molecule has 0 spiro atoms. The second-order valence-corrected chi connectivity index (χ2v) is 9.46. The van der Waals surface area contributed by atoms with Crippen LogP contribution in [0.15, 0.2) is 42.5 Å². The first-order valence-electron chi connectivity index (χ1n) is 9.85. The molecule has 0 unspecified atom stereocenters. The Morgan fingerprint density at radius 3 is 2.76 bits per heavy atom. The number of rotatable bonds is 12. The number of ketones is 1. The van der Waals surface area contributed by atoms with E-state index in [1.54, 1.807) is 17.8 Å². The van der Waals surface area contributed by atoms with Crippen LogP contribution >= 0.6 is 23.5 Å². The van der Waals surface area contributed by atoms with Crippen LogP contribution < -0.4 is 0 Å². The monoisotopic (exact) mass is 438 g/mol. The molecule has 160 valence electrons. The molecule has 2 rings (SSSR count). The number of hydrogen-bond acceptors (Lipinski definition) is 7. The molecule has 0 bridgehead atoms. The number of ether oxygens (including phenoxy) is 1. The molecule has 0 heterocycles. The van der Waals surface area contributed by atoms with Gasteiger partial charge in [-0.25, -0.2) is 0 Å². The van der Waals surface area contributed by atoms with Crippen LogP contribution in [0.5, 0.6) is 0 Å². The van der Waals surface area contributed by atoms with Crippen LogP contribution in [-0.2, 0) is 20.7 Å². The summed E-state index contributed by atoms with van der Waals surface area (Å²) in [5.74, 6) is 1.80. The SMILES string of the molecule is COC(=O)CSCCCS[C@H]1C(=O)C[C@@H](CO)[C@@H]1/C=C/[C@@H](O)Cc1ccccc1. The summed E-state index contributed by atoms with van der Waals surface area (Å²) in [5, 5.41) is 19.8. The van der Waals surface area contributed by atoms with E-state index < -0.39 is 6.10 Å². The lowest BCUT2D eigenvalue weighted by molar-refractivity contribution is -0.137. The number of benzene rings is 1. The smallest absolute Gasteiger partial charge is 0.315 e. The molecular weight excluding hydrogens is 408 g/mol. The number of Topliss-reactive ketones (excluding diaryl/α,β-unsaturated/α-hetero) is 1. The summed E-state index contributed by atoms with van der Waals surface area (Å²) in [6.45, 7) is -0.0262. The first kappa shape index (κ1) is 24.0. The van der Waals surface area contributed by atoms with Crippen molar-refractivity contribution in [3.63, 3.8) is 0 Å². The third kappa shape index (κ3) is 8.16. The molecule has 1 aromatic rings. The molecule has 0 amide bonds. The van der Waals surface area contributed by atoms with Crippen molar-refractivity contribution >= 4 is 35.3 Å². The fraction of sp³-hybridized carbons (Fsp3) is 0.545. The van der Waals surface area contributed by atoms with Crippen LogP contribution in [0, 0.1) is 11.8 Å². The standard InChI is InChI=1S/C22H30O5S2/c1-27-21(26)15-28-10-5-11-29-22-19(17(14-23)13-20(22)25)9-8-18(24)12-16-6-3-2-4-7-16/h2-4,6-9,17-19,22-24H,5,10-15H2,1H3/b9-8+/t17-,18+,19-,22+/m0/s1. The summed E-state index contributed by atoms with van der Waals surface area (Å²) in [7, 11) is 1.38. The molecule has 4 atom stereocenters. The molecule has 0 saturated heterocycles. The van der Waals surface area contributed by atoms with E-state index in [-0.39, 0.29) is 35.4 Å². The molecule has 0 radical (unpaired) electrons. The van der Waals surface area contributed by atoms with Gasteiger partial charge in [0.25, 0.3) is 0 Å². The number of hydrogen-bond donors (Lipinski definition) is 2. The lowest BCUT2D eigenvalue weighted by Crippen LogP contribution is -2.21. The highest BCUT2D eigenvalue weighted by molar-refractivity contribution is 8.01. The molecule has 29 heavy (non-hydrogen) atoms. The lowest BCUT2D eigenvalue weighted by atomic mass is 9.95. The Labute approximate surface area is 181 Å². The zero-order chi connectivity index (χ0) is 21.1. The minimum absolute atomic E-state index is 0.0262. The Hall–Kier alpha value is -1.28. The normalized spacial score (nSPS) is 22.9. The van der Waals surface area contributed by atoms with Crippen LogP contribution in [0.2, 0.25) is 0 Å². The Kier molecular flexibility index (Phi) is 10.8. The molecule has 1 aliphatic rings. The first-order valence-corrected chi connectivity index (χ1v) is 12.1. The van der Waals surface area contributed by atoms with Crippen molar-refractivity contribution in [2.75, 3.05) is 31.0 Å². The summed E-state index contributed by atoms with van der Waals surface area (Å²) < 4.78 is 4.61. The summed E-state index contributed by atoms with van der Waals surface area (Å²) in [6.07, 6.45) is 4.87. The highest BCUT2D eigenvalue weighted by atomic mass is 32.2. The van der Waals surface area contributed by atoms with Crippen LogP contribution in [0.25, 0.3) is 0 Å². The van der Waals surface area contributed by atoms with E-state index in [1.165, 1.54) is 18.9 Å². The van der Waals surface area contributed by atoms with Crippen molar-refractivity contribution in [1.82, 2.24) is 0 Å². The van der Waals surface area contributed by atoms with Crippen molar-refractivity contribution in [2.24, 2.45) is 11.8 Å². The van der Waals surface area contributed by atoms with Crippen LogP contribution in [0.4, 0.5) is 0 Å². The first-order chi connectivity index (χ1) is 14.0. The Balaban J connectivity index is 1.84. The molecule has 0 aliphatic heterocycles. The molecule has 1 saturated carbocycles. The maximum Gasteiger partial charge on any atom is 0.315 e. The van der Waals surface area contributed by atoms with Crippen molar-refractivity contribution in [3.8, 4) is 0 Å². The van der Waals surface area contributed by atoms with Crippen LogP contribution in [-0.4, -0.2) is 64.3 Å². The molecular formula is C22H30O5S2. The van der Waals surface area contributed by atoms with Gasteiger partial charge in [-0.15, -0.1) is 11.8 Å². The summed E-state index contributed by atoms with van der Waals surface area (Å²) in [6, 6.07) is 9.78. The van der Waals surface area contributed by atoms with Crippen molar-refractivity contribution < 1.29 is 24.5 Å². The van der Waals surface area contributed by atoms with Gasteiger partial charge in [-0.05, 0) is 29.4 Å². The molecule has 0 aromatic heterocycles. The molecule has 1 aliphatic carbocycles. The number of thioether (sulfide) groups is 2. The zero-order valence-corrected chi connectivity index (χ0v) is 18.4. The van der Waals surface area contributed by atoms with E-state index >= 15 is 0 Å². The quantitative estimate of drug-likeness (QED) is 0.295. The van der Waals surface area contributed by atoms with Gasteiger partial charge in [-0.1, -0.05) is 42.5 Å². The topological polar surface area (TPSA) is 83.8 Å². The molecule has 7 heteroatoms. The van der Waals surface area contributed by atoms with E-state index in [4.69, 9.17) is 0 Å².